The summed E-state index contributed by atoms with van der Waals surface area (Å²) >= 11 is 1.59. The number of hydrogen-bond donors (Lipinski definition) is 0. The minimum Gasteiger partial charge on any atom is -0.487 e. The van der Waals surface area contributed by atoms with Gasteiger partial charge in [0.1, 0.15) is 18.2 Å². The van der Waals surface area contributed by atoms with Gasteiger partial charge in [-0.2, -0.15) is 0 Å². The minimum absolute atomic E-state index is 0.147. The second-order valence-corrected chi connectivity index (χ2v) is 7.76. The van der Waals surface area contributed by atoms with Crippen LogP contribution in [0, 0.1) is 12.7 Å². The van der Waals surface area contributed by atoms with Crippen molar-refractivity contribution in [2.45, 2.75) is 26.5 Å². The van der Waals surface area contributed by atoms with Gasteiger partial charge < -0.3 is 9.64 Å². The summed E-state index contributed by atoms with van der Waals surface area (Å²) in [7, 11) is 1.73. The normalized spacial score (nSPS) is 12.1. The van der Waals surface area contributed by atoms with Crippen molar-refractivity contribution in [1.82, 2.24) is 9.88 Å². The van der Waals surface area contributed by atoms with Crippen LogP contribution in [0.2, 0.25) is 0 Å². The molecule has 6 heteroatoms. The Kier molecular flexibility index (Phi) is 6.77. The van der Waals surface area contributed by atoms with Crippen LogP contribution < -0.4 is 4.74 Å². The van der Waals surface area contributed by atoms with Gasteiger partial charge in [-0.25, -0.2) is 9.37 Å². The van der Waals surface area contributed by atoms with Crippen molar-refractivity contribution in [3.8, 4) is 5.75 Å². The average Bonchev–Trinajstić information content (AvgIpc) is 3.15. The fourth-order valence-corrected chi connectivity index (χ4v) is 3.41. The van der Waals surface area contributed by atoms with Crippen molar-refractivity contribution in [2.24, 2.45) is 0 Å². The molecule has 0 N–H and O–H groups in total. The zero-order valence-electron chi connectivity index (χ0n) is 16.6. The number of hydrogen-bond acceptors (Lipinski definition) is 4. The molecule has 0 aliphatic carbocycles. The summed E-state index contributed by atoms with van der Waals surface area (Å²) in [6, 6.07) is 13.6. The predicted octanol–water partition coefficient (Wildman–Crippen LogP) is 5.40. The highest BCUT2D eigenvalue weighted by molar-refractivity contribution is 7.09. The maximum Gasteiger partial charge on any atom is 0.246 e. The lowest BCUT2D eigenvalue weighted by Crippen LogP contribution is -2.27. The molecule has 1 amide bonds. The molecule has 150 valence electrons. The molecule has 1 atom stereocenters. The molecule has 0 bridgehead atoms. The molecule has 0 radical (unpaired) electrons. The van der Waals surface area contributed by atoms with Crippen molar-refractivity contribution in [3.05, 3.63) is 87.6 Å². The van der Waals surface area contributed by atoms with Crippen molar-refractivity contribution >= 4 is 23.3 Å². The highest BCUT2D eigenvalue weighted by Gasteiger charge is 2.15. The average molecular weight is 411 g/mol. The fourth-order valence-electron chi connectivity index (χ4n) is 2.81. The number of nitrogens with zero attached hydrogens (tertiary/aromatic N) is 2. The van der Waals surface area contributed by atoms with Crippen molar-refractivity contribution in [2.75, 3.05) is 7.05 Å². The number of halogens is 1. The first-order valence-corrected chi connectivity index (χ1v) is 10.1. The highest BCUT2D eigenvalue weighted by atomic mass is 32.1. The lowest BCUT2D eigenvalue weighted by atomic mass is 10.1. The van der Waals surface area contributed by atoms with E-state index in [1.165, 1.54) is 18.2 Å². The number of carbonyl (C=O) groups excluding carboxylic acids is 1. The number of rotatable bonds is 7. The largest absolute Gasteiger partial charge is 0.487 e. The van der Waals surface area contributed by atoms with E-state index in [-0.39, 0.29) is 17.8 Å². The van der Waals surface area contributed by atoms with E-state index in [0.29, 0.717) is 12.4 Å². The molecule has 0 aliphatic rings. The van der Waals surface area contributed by atoms with Crippen LogP contribution in [-0.2, 0) is 11.4 Å². The molecular weight excluding hydrogens is 387 g/mol. The van der Waals surface area contributed by atoms with Crippen LogP contribution in [0.4, 0.5) is 4.39 Å². The van der Waals surface area contributed by atoms with E-state index in [1.54, 1.807) is 41.5 Å². The molecule has 0 saturated carbocycles. The fraction of sp³-hybridized carbons (Fsp3) is 0.217. The maximum absolute atomic E-state index is 13.1. The van der Waals surface area contributed by atoms with Crippen LogP contribution in [-0.4, -0.2) is 22.8 Å². The zero-order chi connectivity index (χ0) is 20.8. The number of amides is 1. The van der Waals surface area contributed by atoms with Gasteiger partial charge in [-0.15, -0.1) is 11.3 Å². The second-order valence-electron chi connectivity index (χ2n) is 6.69. The van der Waals surface area contributed by atoms with E-state index >= 15 is 0 Å². The molecule has 1 unspecified atom stereocenters. The Bertz CT molecular complexity index is 998. The summed E-state index contributed by atoms with van der Waals surface area (Å²) in [6.45, 7) is 4.25. The summed E-state index contributed by atoms with van der Waals surface area (Å²) in [5, 5.41) is 2.98. The van der Waals surface area contributed by atoms with Gasteiger partial charge in [-0.1, -0.05) is 30.3 Å². The second kappa shape index (κ2) is 9.47. The van der Waals surface area contributed by atoms with Gasteiger partial charge in [0.2, 0.25) is 5.91 Å². The molecule has 2 aromatic carbocycles. The lowest BCUT2D eigenvalue weighted by Gasteiger charge is -2.24. The van der Waals surface area contributed by atoms with Gasteiger partial charge in [0.15, 0.2) is 0 Å². The molecule has 29 heavy (non-hydrogen) atoms. The van der Waals surface area contributed by atoms with Gasteiger partial charge in [0, 0.05) is 24.1 Å². The number of thiazole rings is 1. The summed E-state index contributed by atoms with van der Waals surface area (Å²) in [5.41, 5.74) is 2.57. The third-order valence-electron chi connectivity index (χ3n) is 4.65. The Morgan fingerprint density at radius 1 is 1.24 bits per heavy atom. The van der Waals surface area contributed by atoms with Gasteiger partial charge in [-0.3, -0.25) is 4.79 Å². The van der Waals surface area contributed by atoms with Gasteiger partial charge in [0.05, 0.1) is 16.7 Å². The standard InChI is InChI=1S/C23H23FN2O2S/c1-16(18-8-11-20(24)12-9-18)26(3)23(27)13-10-19-6-4-5-7-22(19)28-14-21-15-29-17(2)25-21/h4-13,15-16H,14H2,1-3H3/b13-10+. The number of aryl methyl sites for hydroxylation is 1. The van der Waals surface area contributed by atoms with E-state index in [2.05, 4.69) is 4.98 Å². The Morgan fingerprint density at radius 2 is 1.97 bits per heavy atom. The summed E-state index contributed by atoms with van der Waals surface area (Å²) in [4.78, 5) is 18.6. The van der Waals surface area contributed by atoms with E-state index in [4.69, 9.17) is 4.74 Å². The molecular formula is C23H23FN2O2S. The SMILES string of the molecule is Cc1nc(COc2ccccc2/C=C/C(=O)N(C)C(C)c2ccc(F)cc2)cs1. The highest BCUT2D eigenvalue weighted by Crippen LogP contribution is 2.23. The van der Waals surface area contributed by atoms with Crippen LogP contribution in [0.25, 0.3) is 6.08 Å². The maximum atomic E-state index is 13.1. The monoisotopic (exact) mass is 410 g/mol. The molecule has 0 spiro atoms. The Balaban J connectivity index is 1.67. The summed E-state index contributed by atoms with van der Waals surface area (Å²) in [5.74, 6) is 0.252. The first-order chi connectivity index (χ1) is 13.9. The Morgan fingerprint density at radius 3 is 2.66 bits per heavy atom. The van der Waals surface area contributed by atoms with Crippen LogP contribution in [0.3, 0.4) is 0 Å². The summed E-state index contributed by atoms with van der Waals surface area (Å²) < 4.78 is 19.0. The Labute approximate surface area is 174 Å². The zero-order valence-corrected chi connectivity index (χ0v) is 17.4. The van der Waals surface area contributed by atoms with E-state index in [1.807, 2.05) is 43.5 Å². The van der Waals surface area contributed by atoms with Crippen LogP contribution in [0.15, 0.2) is 60.0 Å². The van der Waals surface area contributed by atoms with Crippen molar-refractivity contribution in [1.29, 1.82) is 0 Å². The number of para-hydroxylation sites is 1. The smallest absolute Gasteiger partial charge is 0.246 e. The number of likely N-dealkylation sites (N-methyl/N-ethyl adjacent to an activating group) is 1. The number of carbonyl (C=O) groups is 1. The van der Waals surface area contributed by atoms with Gasteiger partial charge in [-0.05, 0) is 43.7 Å². The first-order valence-electron chi connectivity index (χ1n) is 9.27. The van der Waals surface area contributed by atoms with Crippen LogP contribution in [0.5, 0.6) is 5.75 Å². The number of ether oxygens (including phenoxy) is 1. The topological polar surface area (TPSA) is 42.4 Å². The van der Waals surface area contributed by atoms with E-state index in [9.17, 15) is 9.18 Å². The summed E-state index contributed by atoms with van der Waals surface area (Å²) in [6.07, 6.45) is 3.27. The number of benzene rings is 2. The third kappa shape index (κ3) is 5.51. The van der Waals surface area contributed by atoms with Crippen LogP contribution >= 0.6 is 11.3 Å². The third-order valence-corrected chi connectivity index (χ3v) is 5.47. The molecule has 3 rings (SSSR count). The molecule has 4 nitrogen and oxygen atoms in total. The Hall–Kier alpha value is -2.99. The lowest BCUT2D eigenvalue weighted by molar-refractivity contribution is -0.126. The molecule has 1 aromatic heterocycles. The van der Waals surface area contributed by atoms with Crippen LogP contribution in [0.1, 0.15) is 34.8 Å². The van der Waals surface area contributed by atoms with E-state index < -0.39 is 0 Å². The van der Waals surface area contributed by atoms with Gasteiger partial charge in [0.25, 0.3) is 0 Å². The molecule has 0 fully saturated rings. The minimum atomic E-state index is -0.292. The quantitative estimate of drug-likeness (QED) is 0.490. The molecule has 1 heterocycles. The molecule has 0 saturated heterocycles. The van der Waals surface area contributed by atoms with Crippen molar-refractivity contribution in [3.63, 3.8) is 0 Å². The molecule has 0 aliphatic heterocycles. The molecule has 3 aromatic rings. The van der Waals surface area contributed by atoms with Crippen molar-refractivity contribution < 1.29 is 13.9 Å². The van der Waals surface area contributed by atoms with Gasteiger partial charge >= 0.3 is 0 Å². The first kappa shape index (κ1) is 20.7. The predicted molar refractivity (Wildman–Crippen MR) is 114 cm³/mol. The number of aromatic nitrogens is 1. The van der Waals surface area contributed by atoms with E-state index in [0.717, 1.165) is 21.8 Å².